The number of halogens is 1. The molecular formula is C9H13BrN2O4S3. The molecule has 108 valence electrons. The summed E-state index contributed by atoms with van der Waals surface area (Å²) in [6.07, 6.45) is 0. The molecule has 0 amide bonds. The second kappa shape index (κ2) is 5.41. The molecule has 0 atom stereocenters. The Bertz CT molecular complexity index is 666. The van der Waals surface area contributed by atoms with E-state index in [-0.39, 0.29) is 36.0 Å². The lowest BCUT2D eigenvalue weighted by atomic mass is 10.5. The SMILES string of the molecule is NCc1cc(S(=O)(=O)N2CCS(=O)(=O)CC2)c(Br)s1. The summed E-state index contributed by atoms with van der Waals surface area (Å²) in [5.41, 5.74) is 5.49. The van der Waals surface area contributed by atoms with Crippen LogP contribution in [0, 0.1) is 0 Å². The Balaban J connectivity index is 2.30. The van der Waals surface area contributed by atoms with Crippen molar-refractivity contribution in [1.29, 1.82) is 0 Å². The van der Waals surface area contributed by atoms with Crippen molar-refractivity contribution < 1.29 is 16.8 Å². The summed E-state index contributed by atoms with van der Waals surface area (Å²) in [6, 6.07) is 1.53. The third-order valence-electron chi connectivity index (χ3n) is 2.83. The predicted molar refractivity (Wildman–Crippen MR) is 77.3 cm³/mol. The molecule has 2 rings (SSSR count). The summed E-state index contributed by atoms with van der Waals surface area (Å²) in [5.74, 6) is -0.254. The van der Waals surface area contributed by atoms with Gasteiger partial charge in [0.15, 0.2) is 9.84 Å². The molecule has 6 nitrogen and oxygen atoms in total. The fourth-order valence-electron chi connectivity index (χ4n) is 1.75. The van der Waals surface area contributed by atoms with Crippen LogP contribution in [0.15, 0.2) is 14.7 Å². The molecule has 19 heavy (non-hydrogen) atoms. The van der Waals surface area contributed by atoms with Crippen molar-refractivity contribution in [1.82, 2.24) is 4.31 Å². The third kappa shape index (κ3) is 3.19. The maximum atomic E-state index is 12.4. The van der Waals surface area contributed by atoms with Crippen LogP contribution in [0.4, 0.5) is 0 Å². The van der Waals surface area contributed by atoms with Gasteiger partial charge in [-0.1, -0.05) is 0 Å². The van der Waals surface area contributed by atoms with Crippen LogP contribution >= 0.6 is 27.3 Å². The van der Waals surface area contributed by atoms with Crippen LogP contribution in [-0.4, -0.2) is 45.7 Å². The summed E-state index contributed by atoms with van der Waals surface area (Å²) >= 11 is 4.49. The Morgan fingerprint density at radius 2 is 1.95 bits per heavy atom. The number of hydrogen-bond acceptors (Lipinski definition) is 6. The Labute approximate surface area is 124 Å². The minimum Gasteiger partial charge on any atom is -0.326 e. The van der Waals surface area contributed by atoms with Crippen LogP contribution in [0.5, 0.6) is 0 Å². The van der Waals surface area contributed by atoms with Gasteiger partial charge in [0.2, 0.25) is 10.0 Å². The standard InChI is InChI=1S/C9H13BrN2O4S3/c10-9-8(5-7(6-11)17-9)19(15,16)12-1-3-18(13,14)4-2-12/h5H,1-4,6,11H2. The highest BCUT2D eigenvalue weighted by Gasteiger charge is 2.33. The Kier molecular flexibility index (Phi) is 4.38. The number of hydrogen-bond donors (Lipinski definition) is 1. The largest absolute Gasteiger partial charge is 0.326 e. The zero-order valence-electron chi connectivity index (χ0n) is 9.87. The van der Waals surface area contributed by atoms with Crippen molar-refractivity contribution in [3.05, 3.63) is 14.7 Å². The van der Waals surface area contributed by atoms with Crippen LogP contribution < -0.4 is 5.73 Å². The van der Waals surface area contributed by atoms with Crippen molar-refractivity contribution in [3.8, 4) is 0 Å². The van der Waals surface area contributed by atoms with E-state index in [9.17, 15) is 16.8 Å². The fraction of sp³-hybridized carbons (Fsp3) is 0.556. The van der Waals surface area contributed by atoms with E-state index in [2.05, 4.69) is 15.9 Å². The second-order valence-corrected chi connectivity index (χ2v) is 10.8. The number of sulfonamides is 1. The van der Waals surface area contributed by atoms with Crippen LogP contribution in [-0.2, 0) is 26.4 Å². The van der Waals surface area contributed by atoms with Gasteiger partial charge in [0.1, 0.15) is 4.90 Å². The molecule has 0 radical (unpaired) electrons. The van der Waals surface area contributed by atoms with E-state index in [1.165, 1.54) is 21.7 Å². The molecule has 1 aromatic heterocycles. The van der Waals surface area contributed by atoms with E-state index in [4.69, 9.17) is 5.73 Å². The van der Waals surface area contributed by atoms with Crippen LogP contribution in [0.25, 0.3) is 0 Å². The summed E-state index contributed by atoms with van der Waals surface area (Å²) in [5, 5.41) is 0. The van der Waals surface area contributed by atoms with Gasteiger partial charge in [0, 0.05) is 24.5 Å². The zero-order chi connectivity index (χ0) is 14.3. The molecule has 2 N–H and O–H groups in total. The molecule has 1 aliphatic rings. The monoisotopic (exact) mass is 388 g/mol. The number of nitrogens with zero attached hydrogens (tertiary/aromatic N) is 1. The van der Waals surface area contributed by atoms with Crippen molar-refractivity contribution in [3.63, 3.8) is 0 Å². The van der Waals surface area contributed by atoms with Gasteiger partial charge in [0.25, 0.3) is 0 Å². The molecule has 0 spiro atoms. The molecule has 1 aromatic rings. The minimum atomic E-state index is -3.66. The third-order valence-corrected chi connectivity index (χ3v) is 8.61. The summed E-state index contributed by atoms with van der Waals surface area (Å²) in [4.78, 5) is 0.923. The Hall–Kier alpha value is -0.000000000000000194. The van der Waals surface area contributed by atoms with Gasteiger partial charge in [-0.05, 0) is 22.0 Å². The Morgan fingerprint density at radius 1 is 1.37 bits per heavy atom. The lowest BCUT2D eigenvalue weighted by Gasteiger charge is -2.25. The van der Waals surface area contributed by atoms with Gasteiger partial charge < -0.3 is 5.73 Å². The molecule has 2 heterocycles. The molecule has 10 heteroatoms. The first kappa shape index (κ1) is 15.4. The predicted octanol–water partition coefficient (Wildman–Crippen LogP) is 0.388. The lowest BCUT2D eigenvalue weighted by molar-refractivity contribution is 0.430. The smallest absolute Gasteiger partial charge is 0.245 e. The second-order valence-electron chi connectivity index (χ2n) is 4.11. The number of nitrogens with two attached hydrogens (primary N) is 1. The van der Waals surface area contributed by atoms with Crippen molar-refractivity contribution in [2.24, 2.45) is 5.73 Å². The average Bonchev–Trinajstić information content (AvgIpc) is 2.70. The van der Waals surface area contributed by atoms with E-state index in [1.807, 2.05) is 0 Å². The van der Waals surface area contributed by atoms with Crippen molar-refractivity contribution >= 4 is 47.1 Å². The van der Waals surface area contributed by atoms with Crippen LogP contribution in [0.2, 0.25) is 0 Å². The number of thiophene rings is 1. The molecular weight excluding hydrogens is 376 g/mol. The van der Waals surface area contributed by atoms with E-state index in [0.29, 0.717) is 3.79 Å². The zero-order valence-corrected chi connectivity index (χ0v) is 13.9. The highest BCUT2D eigenvalue weighted by atomic mass is 79.9. The highest BCUT2D eigenvalue weighted by Crippen LogP contribution is 2.33. The molecule has 0 saturated carbocycles. The first-order valence-electron chi connectivity index (χ1n) is 5.45. The molecule has 0 bridgehead atoms. The number of sulfone groups is 1. The highest BCUT2D eigenvalue weighted by molar-refractivity contribution is 9.11. The van der Waals surface area contributed by atoms with E-state index >= 15 is 0 Å². The average molecular weight is 389 g/mol. The lowest BCUT2D eigenvalue weighted by Crippen LogP contribution is -2.43. The quantitative estimate of drug-likeness (QED) is 0.807. The van der Waals surface area contributed by atoms with E-state index in [0.717, 1.165) is 4.88 Å². The van der Waals surface area contributed by atoms with Crippen LogP contribution in [0.1, 0.15) is 4.88 Å². The maximum Gasteiger partial charge on any atom is 0.245 e. The fourth-order valence-corrected chi connectivity index (χ4v) is 7.13. The molecule has 0 unspecified atom stereocenters. The van der Waals surface area contributed by atoms with Gasteiger partial charge in [-0.3, -0.25) is 0 Å². The summed E-state index contributed by atoms with van der Waals surface area (Å²) in [6.45, 7) is 0.281. The first-order chi connectivity index (χ1) is 8.76. The van der Waals surface area contributed by atoms with Crippen molar-refractivity contribution in [2.75, 3.05) is 24.6 Å². The van der Waals surface area contributed by atoms with E-state index < -0.39 is 19.9 Å². The first-order valence-corrected chi connectivity index (χ1v) is 10.3. The molecule has 0 aliphatic carbocycles. The van der Waals surface area contributed by atoms with Gasteiger partial charge in [-0.2, -0.15) is 4.31 Å². The molecule has 1 saturated heterocycles. The van der Waals surface area contributed by atoms with Gasteiger partial charge >= 0.3 is 0 Å². The van der Waals surface area contributed by atoms with Crippen molar-refractivity contribution in [2.45, 2.75) is 11.4 Å². The molecule has 0 aromatic carbocycles. The van der Waals surface area contributed by atoms with Crippen LogP contribution in [0.3, 0.4) is 0 Å². The van der Waals surface area contributed by atoms with Gasteiger partial charge in [-0.15, -0.1) is 11.3 Å². The molecule has 1 aliphatic heterocycles. The Morgan fingerprint density at radius 3 is 2.42 bits per heavy atom. The summed E-state index contributed by atoms with van der Waals surface area (Å²) in [7, 11) is -6.76. The minimum absolute atomic E-state index is 0.00487. The maximum absolute atomic E-state index is 12.4. The topological polar surface area (TPSA) is 97.5 Å². The van der Waals surface area contributed by atoms with Gasteiger partial charge in [0.05, 0.1) is 15.3 Å². The number of rotatable bonds is 3. The van der Waals surface area contributed by atoms with Gasteiger partial charge in [-0.25, -0.2) is 16.8 Å². The normalized spacial score (nSPS) is 20.5. The summed E-state index contributed by atoms with van der Waals surface area (Å²) < 4.78 is 49.2. The van der Waals surface area contributed by atoms with E-state index in [1.54, 1.807) is 0 Å². The molecule has 1 fully saturated rings.